The molecule has 9 nitrogen and oxygen atoms in total. The lowest BCUT2D eigenvalue weighted by Gasteiger charge is -2.27. The Morgan fingerprint density at radius 2 is 1.92 bits per heavy atom. The number of carbonyl (C=O) groups is 1. The first kappa shape index (κ1) is 26.0. The summed E-state index contributed by atoms with van der Waals surface area (Å²) in [6.07, 6.45) is 2.59. The van der Waals surface area contributed by atoms with Crippen LogP contribution in [0.1, 0.15) is 48.6 Å². The minimum atomic E-state index is -3.37. The van der Waals surface area contributed by atoms with Crippen LogP contribution in [-0.4, -0.2) is 52.7 Å². The van der Waals surface area contributed by atoms with Crippen LogP contribution in [0, 0.1) is 19.7 Å². The van der Waals surface area contributed by atoms with Gasteiger partial charge in [0.25, 0.3) is 0 Å². The van der Waals surface area contributed by atoms with Gasteiger partial charge in [0.15, 0.2) is 0 Å². The van der Waals surface area contributed by atoms with Crippen molar-refractivity contribution >= 4 is 44.3 Å². The Kier molecular flexibility index (Phi) is 6.28. The minimum Gasteiger partial charge on any atom is -0.361 e. The Morgan fingerprint density at radius 1 is 1.13 bits per heavy atom. The fraction of sp³-hybridized carbons (Fsp3) is 0.370. The highest BCUT2D eigenvalue weighted by Gasteiger charge is 2.40. The molecule has 2 aromatic carbocycles. The standard InChI is InChI=1S/C27H27ClFN5O4S/c1-15-26(16(2)38-31-15)17-4-7-23-22(12-17)30-27(34(23)19-10-11-32(14-19)39(3,36)37)24-8-9-25(35)33(24)18-5-6-20(28)21(29)13-18/h4-7,12-13,19,24H,8-11,14H2,1-3H3. The average molecular weight is 572 g/mol. The lowest BCUT2D eigenvalue weighted by molar-refractivity contribution is -0.117. The van der Waals surface area contributed by atoms with Gasteiger partial charge >= 0.3 is 0 Å². The molecule has 2 aromatic heterocycles. The fourth-order valence-electron chi connectivity index (χ4n) is 5.90. The number of imidazole rings is 1. The van der Waals surface area contributed by atoms with Crippen LogP contribution in [0.3, 0.4) is 0 Å². The SMILES string of the molecule is Cc1noc(C)c1-c1ccc2c(c1)nc(C1CCC(=O)N1c1ccc(Cl)c(F)c1)n2C1CCN(S(C)(=O)=O)C1. The summed E-state index contributed by atoms with van der Waals surface area (Å²) < 4.78 is 48.0. The van der Waals surface area contributed by atoms with Crippen molar-refractivity contribution < 1.29 is 22.1 Å². The first-order chi connectivity index (χ1) is 18.5. The summed E-state index contributed by atoms with van der Waals surface area (Å²) in [5.41, 5.74) is 4.51. The molecule has 2 unspecified atom stereocenters. The smallest absolute Gasteiger partial charge is 0.227 e. The summed E-state index contributed by atoms with van der Waals surface area (Å²) >= 11 is 5.91. The largest absolute Gasteiger partial charge is 0.361 e. The molecule has 2 aliphatic rings. The van der Waals surface area contributed by atoms with Crippen molar-refractivity contribution in [1.82, 2.24) is 19.0 Å². The van der Waals surface area contributed by atoms with Crippen LogP contribution in [0.2, 0.25) is 5.02 Å². The van der Waals surface area contributed by atoms with Crippen molar-refractivity contribution in [3.05, 3.63) is 64.5 Å². The molecule has 2 fully saturated rings. The Balaban J connectivity index is 1.51. The van der Waals surface area contributed by atoms with Gasteiger partial charge in [-0.2, -0.15) is 0 Å². The molecule has 2 atom stereocenters. The number of anilines is 1. The van der Waals surface area contributed by atoms with Crippen LogP contribution in [0.15, 0.2) is 40.9 Å². The summed E-state index contributed by atoms with van der Waals surface area (Å²) in [7, 11) is -3.37. The van der Waals surface area contributed by atoms with Crippen LogP contribution in [-0.2, 0) is 14.8 Å². The lowest BCUT2D eigenvalue weighted by atomic mass is 10.0. The molecular weight excluding hydrogens is 545 g/mol. The van der Waals surface area contributed by atoms with Crippen molar-refractivity contribution in [2.24, 2.45) is 0 Å². The Bertz CT molecular complexity index is 1710. The zero-order valence-corrected chi connectivity index (χ0v) is 23.3. The maximum absolute atomic E-state index is 14.4. The number of halogens is 2. The topological polar surface area (TPSA) is 102 Å². The van der Waals surface area contributed by atoms with E-state index in [-0.39, 0.29) is 23.4 Å². The molecule has 4 aromatic rings. The van der Waals surface area contributed by atoms with E-state index in [0.29, 0.717) is 48.7 Å². The highest BCUT2D eigenvalue weighted by molar-refractivity contribution is 7.88. The van der Waals surface area contributed by atoms with Gasteiger partial charge in [0.1, 0.15) is 17.4 Å². The number of fused-ring (bicyclic) bond motifs is 1. The van der Waals surface area contributed by atoms with Crippen molar-refractivity contribution in [1.29, 1.82) is 0 Å². The van der Waals surface area contributed by atoms with E-state index in [2.05, 4.69) is 9.72 Å². The second kappa shape index (κ2) is 9.42. The number of hydrogen-bond donors (Lipinski definition) is 0. The predicted molar refractivity (Wildman–Crippen MR) is 146 cm³/mol. The molecule has 1 amide bonds. The van der Waals surface area contributed by atoms with E-state index in [9.17, 15) is 17.6 Å². The third-order valence-corrected chi connectivity index (χ3v) is 9.27. The maximum Gasteiger partial charge on any atom is 0.227 e. The van der Waals surface area contributed by atoms with E-state index >= 15 is 0 Å². The number of carbonyl (C=O) groups excluding carboxylic acids is 1. The molecule has 0 radical (unpaired) electrons. The van der Waals surface area contributed by atoms with E-state index in [0.717, 1.165) is 22.3 Å². The third-order valence-electron chi connectivity index (χ3n) is 7.69. The fourth-order valence-corrected chi connectivity index (χ4v) is 6.89. The van der Waals surface area contributed by atoms with Gasteiger partial charge in [-0.15, -0.1) is 0 Å². The Morgan fingerprint density at radius 3 is 2.59 bits per heavy atom. The van der Waals surface area contributed by atoms with Crippen LogP contribution in [0.5, 0.6) is 0 Å². The monoisotopic (exact) mass is 571 g/mol. The highest BCUT2D eigenvalue weighted by Crippen LogP contribution is 2.42. The molecular formula is C27H27ClFN5O4S. The van der Waals surface area contributed by atoms with Crippen LogP contribution in [0.25, 0.3) is 22.2 Å². The molecule has 2 saturated heterocycles. The van der Waals surface area contributed by atoms with Gasteiger partial charge in [-0.05, 0) is 62.6 Å². The molecule has 6 rings (SSSR count). The number of nitrogens with zero attached hydrogens (tertiary/aromatic N) is 5. The molecule has 2 aliphatic heterocycles. The second-order valence-corrected chi connectivity index (χ2v) is 12.6. The van der Waals surface area contributed by atoms with Gasteiger partial charge in [0, 0.05) is 30.8 Å². The summed E-state index contributed by atoms with van der Waals surface area (Å²) in [6, 6.07) is 9.62. The van der Waals surface area contributed by atoms with Crippen LogP contribution < -0.4 is 4.90 Å². The number of benzene rings is 2. The average Bonchev–Trinajstić information content (AvgIpc) is 3.65. The Labute approximate surface area is 230 Å². The molecule has 0 N–H and O–H groups in total. The molecule has 0 bridgehead atoms. The van der Waals surface area contributed by atoms with Gasteiger partial charge in [0.2, 0.25) is 15.9 Å². The molecule has 12 heteroatoms. The second-order valence-electron chi connectivity index (χ2n) is 10.2. The lowest BCUT2D eigenvalue weighted by Crippen LogP contribution is -2.31. The zero-order chi connectivity index (χ0) is 27.6. The summed E-state index contributed by atoms with van der Waals surface area (Å²) in [5.74, 6) is 0.594. The van der Waals surface area contributed by atoms with E-state index < -0.39 is 21.9 Å². The zero-order valence-electron chi connectivity index (χ0n) is 21.7. The molecule has 4 heterocycles. The molecule has 39 heavy (non-hydrogen) atoms. The summed E-state index contributed by atoms with van der Waals surface area (Å²) in [6.45, 7) is 4.44. The van der Waals surface area contributed by atoms with Crippen molar-refractivity contribution in [2.75, 3.05) is 24.2 Å². The van der Waals surface area contributed by atoms with Gasteiger partial charge in [-0.3, -0.25) is 4.79 Å². The highest BCUT2D eigenvalue weighted by atomic mass is 35.5. The number of aromatic nitrogens is 3. The van der Waals surface area contributed by atoms with Crippen molar-refractivity contribution in [2.45, 2.75) is 45.2 Å². The maximum atomic E-state index is 14.4. The number of hydrogen-bond acceptors (Lipinski definition) is 6. The number of rotatable bonds is 5. The first-order valence-electron chi connectivity index (χ1n) is 12.7. The molecule has 0 aliphatic carbocycles. The predicted octanol–water partition coefficient (Wildman–Crippen LogP) is 5.18. The van der Waals surface area contributed by atoms with E-state index in [1.807, 2.05) is 32.0 Å². The van der Waals surface area contributed by atoms with Gasteiger partial charge in [-0.25, -0.2) is 22.1 Å². The molecule has 0 spiro atoms. The number of aryl methyl sites for hydroxylation is 2. The van der Waals surface area contributed by atoms with Crippen LogP contribution in [0.4, 0.5) is 10.1 Å². The van der Waals surface area contributed by atoms with Crippen LogP contribution >= 0.6 is 11.6 Å². The van der Waals surface area contributed by atoms with Gasteiger partial charge in [0.05, 0.1) is 40.1 Å². The van der Waals surface area contributed by atoms with E-state index in [1.165, 1.54) is 22.7 Å². The number of amides is 1. The van der Waals surface area contributed by atoms with Crippen molar-refractivity contribution in [3.63, 3.8) is 0 Å². The van der Waals surface area contributed by atoms with E-state index in [4.69, 9.17) is 21.1 Å². The minimum absolute atomic E-state index is 0.0205. The normalized spacial score (nSPS) is 20.5. The molecule has 204 valence electrons. The summed E-state index contributed by atoms with van der Waals surface area (Å²) in [4.78, 5) is 19.7. The third kappa shape index (κ3) is 4.42. The number of sulfonamides is 1. The van der Waals surface area contributed by atoms with Gasteiger partial charge < -0.3 is 14.0 Å². The van der Waals surface area contributed by atoms with E-state index in [1.54, 1.807) is 11.0 Å². The van der Waals surface area contributed by atoms with Crippen molar-refractivity contribution in [3.8, 4) is 11.1 Å². The summed E-state index contributed by atoms with van der Waals surface area (Å²) in [5, 5.41) is 4.05. The first-order valence-corrected chi connectivity index (χ1v) is 14.9. The quantitative estimate of drug-likeness (QED) is 0.327. The Hall–Kier alpha value is -3.28. The van der Waals surface area contributed by atoms with Gasteiger partial charge in [-0.1, -0.05) is 22.8 Å². The molecule has 0 saturated carbocycles.